The Morgan fingerprint density at radius 3 is 2.07 bits per heavy atom. The van der Waals surface area contributed by atoms with Gasteiger partial charge in [-0.05, 0) is 45.2 Å². The highest BCUT2D eigenvalue weighted by atomic mass is 16.6. The van der Waals surface area contributed by atoms with Gasteiger partial charge in [-0.15, -0.1) is 0 Å². The monoisotopic (exact) mass is 410 g/mol. The molecule has 0 aromatic heterocycles. The first-order valence-corrected chi connectivity index (χ1v) is 10.2. The summed E-state index contributed by atoms with van der Waals surface area (Å²) < 4.78 is 10.9. The maximum Gasteiger partial charge on any atom is 0.412 e. The van der Waals surface area contributed by atoms with Gasteiger partial charge in [0.15, 0.2) is 0 Å². The molecule has 0 saturated heterocycles. The third-order valence-corrected chi connectivity index (χ3v) is 4.70. The van der Waals surface area contributed by atoms with E-state index in [1.165, 1.54) is 12.1 Å². The van der Waals surface area contributed by atoms with Gasteiger partial charge in [-0.2, -0.15) is 0 Å². The van der Waals surface area contributed by atoms with E-state index in [0.717, 1.165) is 26.2 Å². The van der Waals surface area contributed by atoms with Gasteiger partial charge in [0.2, 0.25) is 0 Å². The van der Waals surface area contributed by atoms with Gasteiger partial charge in [-0.3, -0.25) is 15.4 Å². The number of amides is 1. The third-order valence-electron chi connectivity index (χ3n) is 4.70. The number of nitro benzene ring substituents is 1. The topological polar surface area (TPSA) is 97.2 Å². The summed E-state index contributed by atoms with van der Waals surface area (Å²) >= 11 is 0. The van der Waals surface area contributed by atoms with Gasteiger partial charge in [0.25, 0.3) is 5.69 Å². The normalized spacial score (nSPS) is 11.2. The van der Waals surface area contributed by atoms with Crippen LogP contribution in [-0.4, -0.2) is 72.8 Å². The molecular formula is C20H34N4O5. The number of rotatable bonds is 13. The van der Waals surface area contributed by atoms with Crippen LogP contribution in [0.15, 0.2) is 18.2 Å². The van der Waals surface area contributed by atoms with Crippen LogP contribution < -0.4 is 10.1 Å². The van der Waals surface area contributed by atoms with Gasteiger partial charge < -0.3 is 19.3 Å². The van der Waals surface area contributed by atoms with Crippen LogP contribution in [0.2, 0.25) is 0 Å². The Balaban J connectivity index is 2.92. The average molecular weight is 411 g/mol. The van der Waals surface area contributed by atoms with Crippen LogP contribution in [0, 0.1) is 10.1 Å². The maximum absolute atomic E-state index is 12.5. The molecule has 0 atom stereocenters. The first-order chi connectivity index (χ1) is 13.9. The average Bonchev–Trinajstić information content (AvgIpc) is 2.70. The molecule has 29 heavy (non-hydrogen) atoms. The van der Waals surface area contributed by atoms with Crippen LogP contribution >= 0.6 is 0 Å². The van der Waals surface area contributed by atoms with E-state index in [0.29, 0.717) is 25.4 Å². The largest absolute Gasteiger partial charge is 0.494 e. The summed E-state index contributed by atoms with van der Waals surface area (Å²) in [6.45, 7) is 15.0. The first-order valence-electron chi connectivity index (χ1n) is 10.2. The van der Waals surface area contributed by atoms with Crippen molar-refractivity contribution in [3.05, 3.63) is 28.3 Å². The highest BCUT2D eigenvalue weighted by molar-refractivity contribution is 5.88. The highest BCUT2D eigenvalue weighted by Gasteiger charge is 2.22. The maximum atomic E-state index is 12.5. The lowest BCUT2D eigenvalue weighted by molar-refractivity contribution is -0.384. The number of nitrogens with zero attached hydrogens (tertiary/aromatic N) is 3. The molecule has 164 valence electrons. The summed E-state index contributed by atoms with van der Waals surface area (Å²) in [6, 6.07) is 4.33. The number of nitrogens with one attached hydrogen (secondary N) is 1. The predicted octanol–water partition coefficient (Wildman–Crippen LogP) is 3.59. The molecule has 0 radical (unpaired) electrons. The Bertz CT molecular complexity index is 634. The van der Waals surface area contributed by atoms with Gasteiger partial charge in [0.1, 0.15) is 17.5 Å². The van der Waals surface area contributed by atoms with Gasteiger partial charge in [-0.1, -0.05) is 27.7 Å². The fourth-order valence-electron chi connectivity index (χ4n) is 2.99. The Hall–Kier alpha value is -2.39. The predicted molar refractivity (Wildman–Crippen MR) is 114 cm³/mol. The number of anilines is 1. The van der Waals surface area contributed by atoms with Crippen molar-refractivity contribution in [2.75, 3.05) is 51.2 Å². The molecule has 1 aromatic carbocycles. The molecule has 0 spiro atoms. The Morgan fingerprint density at radius 1 is 1.07 bits per heavy atom. The number of likely N-dealkylation sites (N-methyl/N-ethyl adjacent to an activating group) is 2. The Labute approximate surface area is 173 Å². The molecule has 0 aliphatic rings. The number of nitro groups is 1. The summed E-state index contributed by atoms with van der Waals surface area (Å²) in [4.78, 5) is 27.7. The van der Waals surface area contributed by atoms with Crippen molar-refractivity contribution in [1.29, 1.82) is 0 Å². The van der Waals surface area contributed by atoms with Crippen molar-refractivity contribution >= 4 is 17.5 Å². The van der Waals surface area contributed by atoms with E-state index in [4.69, 9.17) is 9.47 Å². The van der Waals surface area contributed by atoms with E-state index >= 15 is 0 Å². The number of benzene rings is 1. The number of hydrogen-bond acceptors (Lipinski definition) is 7. The van der Waals surface area contributed by atoms with Gasteiger partial charge >= 0.3 is 6.09 Å². The lowest BCUT2D eigenvalue weighted by atomic mass is 10.2. The molecule has 1 N–H and O–H groups in total. The smallest absolute Gasteiger partial charge is 0.412 e. The van der Waals surface area contributed by atoms with Crippen molar-refractivity contribution in [2.24, 2.45) is 0 Å². The Kier molecular flexibility index (Phi) is 11.0. The van der Waals surface area contributed by atoms with E-state index in [-0.39, 0.29) is 17.5 Å². The van der Waals surface area contributed by atoms with Crippen molar-refractivity contribution < 1.29 is 19.2 Å². The quantitative estimate of drug-likeness (QED) is 0.392. The van der Waals surface area contributed by atoms with Crippen LogP contribution in [0.4, 0.5) is 16.2 Å². The zero-order chi connectivity index (χ0) is 21.8. The molecule has 9 nitrogen and oxygen atoms in total. The molecule has 0 unspecified atom stereocenters. The SMILES string of the molecule is CCOc1ccc(NC(=O)OC(CN(CC)CC)CN(CC)CC)c([N+](=O)[O-])c1. The lowest BCUT2D eigenvalue weighted by Crippen LogP contribution is -2.43. The number of carbonyl (C=O) groups is 1. The van der Waals surface area contributed by atoms with Crippen LogP contribution in [0.1, 0.15) is 34.6 Å². The van der Waals surface area contributed by atoms with Crippen LogP contribution in [0.5, 0.6) is 5.75 Å². The lowest BCUT2D eigenvalue weighted by Gasteiger charge is -2.29. The number of hydrogen-bond donors (Lipinski definition) is 1. The first kappa shape index (κ1) is 24.6. The van der Waals surface area contributed by atoms with Crippen molar-refractivity contribution in [3.63, 3.8) is 0 Å². The number of ether oxygens (including phenoxy) is 2. The van der Waals surface area contributed by atoms with Crippen LogP contribution in [0.25, 0.3) is 0 Å². The van der Waals surface area contributed by atoms with E-state index in [1.807, 2.05) is 0 Å². The summed E-state index contributed by atoms with van der Waals surface area (Å²) in [5, 5.41) is 13.9. The zero-order valence-corrected chi connectivity index (χ0v) is 18.1. The fourth-order valence-corrected chi connectivity index (χ4v) is 2.99. The minimum absolute atomic E-state index is 0.0767. The van der Waals surface area contributed by atoms with Gasteiger partial charge in [-0.25, -0.2) is 4.79 Å². The van der Waals surface area contributed by atoms with E-state index < -0.39 is 11.0 Å². The second-order valence-electron chi connectivity index (χ2n) is 6.49. The minimum Gasteiger partial charge on any atom is -0.494 e. The zero-order valence-electron chi connectivity index (χ0n) is 18.1. The molecular weight excluding hydrogens is 376 g/mol. The van der Waals surface area contributed by atoms with E-state index in [1.54, 1.807) is 13.0 Å². The van der Waals surface area contributed by atoms with Crippen molar-refractivity contribution in [2.45, 2.75) is 40.7 Å². The molecule has 1 rings (SSSR count). The van der Waals surface area contributed by atoms with E-state index in [9.17, 15) is 14.9 Å². The molecule has 9 heteroatoms. The summed E-state index contributed by atoms with van der Waals surface area (Å²) in [7, 11) is 0. The molecule has 1 amide bonds. The van der Waals surface area contributed by atoms with Crippen LogP contribution in [0.3, 0.4) is 0 Å². The van der Waals surface area contributed by atoms with Crippen molar-refractivity contribution in [3.8, 4) is 5.75 Å². The molecule has 1 aromatic rings. The van der Waals surface area contributed by atoms with Gasteiger partial charge in [0.05, 0.1) is 17.6 Å². The van der Waals surface area contributed by atoms with Gasteiger partial charge in [0, 0.05) is 13.1 Å². The second-order valence-corrected chi connectivity index (χ2v) is 6.49. The number of carbonyl (C=O) groups excluding carboxylic acids is 1. The molecule has 0 aliphatic heterocycles. The minimum atomic E-state index is -0.707. The third kappa shape index (κ3) is 8.25. The standard InChI is InChI=1S/C20H34N4O5/c1-6-22(7-2)14-17(15-23(8-3)9-4)29-20(25)21-18-12-11-16(28-10-5)13-19(18)24(26)27/h11-13,17H,6-10,14-15H2,1-5H3,(H,21,25). The molecule has 0 aliphatic carbocycles. The fraction of sp³-hybridized carbons (Fsp3) is 0.650. The van der Waals surface area contributed by atoms with Crippen molar-refractivity contribution in [1.82, 2.24) is 9.80 Å². The summed E-state index contributed by atoms with van der Waals surface area (Å²) in [6.07, 6.45) is -1.06. The Morgan fingerprint density at radius 2 is 1.62 bits per heavy atom. The van der Waals surface area contributed by atoms with E-state index in [2.05, 4.69) is 42.8 Å². The molecule has 0 fully saturated rings. The molecule has 0 bridgehead atoms. The molecule has 0 heterocycles. The summed E-state index contributed by atoms with van der Waals surface area (Å²) in [5.74, 6) is 0.374. The highest BCUT2D eigenvalue weighted by Crippen LogP contribution is 2.29. The summed E-state index contributed by atoms with van der Waals surface area (Å²) in [5.41, 5.74) is -0.162. The molecule has 0 saturated carbocycles. The van der Waals surface area contributed by atoms with Crippen LogP contribution in [-0.2, 0) is 4.74 Å². The second kappa shape index (κ2) is 12.9.